The molecule has 4 heterocycles. The Balaban J connectivity index is 0.867. The Hall–Kier alpha value is -11.0. The van der Waals surface area contributed by atoms with Crippen LogP contribution in [-0.4, -0.2) is 28.7 Å². The molecule has 0 saturated heterocycles. The lowest BCUT2D eigenvalue weighted by atomic mass is 9.82. The first kappa shape index (κ1) is 51.1. The average molecular weight is 1150 g/mol. The largest absolute Gasteiger partial charge is 0.278 e. The Morgan fingerprint density at radius 2 is 0.444 bits per heavy atom. The lowest BCUT2D eigenvalue weighted by Gasteiger charge is -2.21. The fourth-order valence-electron chi connectivity index (χ4n) is 16.4. The van der Waals surface area contributed by atoms with Gasteiger partial charge in [-0.2, -0.15) is 15.0 Å². The number of aromatic nitrogens is 6. The van der Waals surface area contributed by atoms with E-state index in [1.54, 1.807) is 0 Å². The second-order valence-corrected chi connectivity index (χ2v) is 26.8. The van der Waals surface area contributed by atoms with Crippen LogP contribution in [0.2, 0.25) is 0 Å². The van der Waals surface area contributed by atoms with Crippen molar-refractivity contribution < 1.29 is 0 Å². The van der Waals surface area contributed by atoms with Crippen LogP contribution in [0.3, 0.4) is 0 Å². The highest BCUT2D eigenvalue weighted by atomic mass is 15.3. The maximum absolute atomic E-state index is 5.79. The standard InChI is InChI=1S/C84H60N6/c1-82(2)67-25-13-7-19-55(67)64-43-49(34-40-70(64)82)52-31-37-61-58-22-10-16-28-73(58)88(76(61)46-52)79-85-80(89-74-29-17-11-23-59(74)62-38-32-53(47-77(62)89)50-35-41-71-65(44-50)56-20-8-14-26-68(56)83(71,3)4)87-81(86-79)90-75-30-18-12-24-60(75)63-39-33-54(48-78(63)90)51-36-42-72-66(45-51)57-21-9-15-27-69(57)84(72,5)6/h7-48H,1-6H3. The SMILES string of the molecule is CC1(C)c2ccccc2-c2cc(-c3ccc4c5ccccc5n(-c5nc(-n6c7ccccc7c7ccc(-c8ccc9c(c8)-c8ccccc8C9(C)C)cc76)nc(-n6c7ccccc7c7ccc(-c8ccc9c(c8)-c8ccccc8C9(C)C)cc76)n5)c4c3)ccc21. The summed E-state index contributed by atoms with van der Waals surface area (Å²) in [6.07, 6.45) is 0. The summed E-state index contributed by atoms with van der Waals surface area (Å²) in [5, 5.41) is 6.72. The maximum Gasteiger partial charge on any atom is 0.241 e. The summed E-state index contributed by atoms with van der Waals surface area (Å²) in [6, 6.07) is 94.6. The van der Waals surface area contributed by atoms with Crippen LogP contribution in [0, 0.1) is 0 Å². The third kappa shape index (κ3) is 6.96. The van der Waals surface area contributed by atoms with Gasteiger partial charge in [0, 0.05) is 48.6 Å². The molecule has 16 aromatic rings. The van der Waals surface area contributed by atoms with Crippen LogP contribution in [0.15, 0.2) is 255 Å². The first-order chi connectivity index (χ1) is 43.9. The van der Waals surface area contributed by atoms with Gasteiger partial charge in [0.25, 0.3) is 0 Å². The van der Waals surface area contributed by atoms with Gasteiger partial charge in [-0.3, -0.25) is 13.7 Å². The molecule has 426 valence electrons. The summed E-state index contributed by atoms with van der Waals surface area (Å²) < 4.78 is 6.84. The summed E-state index contributed by atoms with van der Waals surface area (Å²) >= 11 is 0. The Bertz CT molecular complexity index is 5260. The first-order valence-electron chi connectivity index (χ1n) is 31.5. The van der Waals surface area contributed by atoms with Crippen molar-refractivity contribution in [3.05, 3.63) is 288 Å². The molecule has 3 aliphatic carbocycles. The Morgan fingerprint density at radius 1 is 0.211 bits per heavy atom. The second-order valence-electron chi connectivity index (χ2n) is 26.8. The number of hydrogen-bond acceptors (Lipinski definition) is 3. The van der Waals surface area contributed by atoms with E-state index in [2.05, 4.69) is 310 Å². The summed E-state index contributed by atoms with van der Waals surface area (Å²) in [5.74, 6) is 1.56. The monoisotopic (exact) mass is 1150 g/mol. The number of rotatable bonds is 6. The third-order valence-corrected chi connectivity index (χ3v) is 21.0. The predicted molar refractivity (Wildman–Crippen MR) is 372 cm³/mol. The van der Waals surface area contributed by atoms with Crippen LogP contribution >= 0.6 is 0 Å². The van der Waals surface area contributed by atoms with Crippen LogP contribution in [0.25, 0.3) is 150 Å². The molecule has 19 rings (SSSR count). The van der Waals surface area contributed by atoms with E-state index in [-0.39, 0.29) is 16.2 Å². The van der Waals surface area contributed by atoms with Crippen molar-refractivity contribution >= 4 is 65.4 Å². The Morgan fingerprint density at radius 3 is 0.756 bits per heavy atom. The van der Waals surface area contributed by atoms with E-state index in [4.69, 9.17) is 15.0 Å². The Labute approximate surface area is 521 Å². The van der Waals surface area contributed by atoms with E-state index in [1.165, 1.54) is 66.8 Å². The van der Waals surface area contributed by atoms with Crippen LogP contribution < -0.4 is 0 Å². The fourth-order valence-corrected chi connectivity index (χ4v) is 16.4. The summed E-state index contributed by atoms with van der Waals surface area (Å²) in [6.45, 7) is 14.1. The fraction of sp³-hybridized carbons (Fsp3) is 0.107. The van der Waals surface area contributed by atoms with Crippen molar-refractivity contribution in [2.24, 2.45) is 0 Å². The molecule has 4 aromatic heterocycles. The molecule has 12 aromatic carbocycles. The zero-order valence-electron chi connectivity index (χ0n) is 50.9. The number of para-hydroxylation sites is 3. The van der Waals surface area contributed by atoms with E-state index < -0.39 is 0 Å². The van der Waals surface area contributed by atoms with Gasteiger partial charge in [-0.1, -0.05) is 242 Å². The number of benzene rings is 12. The van der Waals surface area contributed by atoms with Gasteiger partial charge >= 0.3 is 0 Å². The summed E-state index contributed by atoms with van der Waals surface area (Å²) in [4.78, 5) is 17.4. The maximum atomic E-state index is 5.79. The minimum Gasteiger partial charge on any atom is -0.278 e. The molecule has 0 unspecified atom stereocenters. The third-order valence-electron chi connectivity index (χ3n) is 21.0. The van der Waals surface area contributed by atoms with Crippen molar-refractivity contribution in [1.82, 2.24) is 28.7 Å². The zero-order chi connectivity index (χ0) is 60.1. The van der Waals surface area contributed by atoms with Crippen molar-refractivity contribution in [1.29, 1.82) is 0 Å². The molecular formula is C84H60N6. The minimum absolute atomic E-state index is 0.0946. The van der Waals surface area contributed by atoms with E-state index in [0.29, 0.717) is 17.8 Å². The van der Waals surface area contributed by atoms with Gasteiger partial charge in [0.2, 0.25) is 17.8 Å². The molecule has 0 radical (unpaired) electrons. The smallest absolute Gasteiger partial charge is 0.241 e. The van der Waals surface area contributed by atoms with Gasteiger partial charge in [-0.05, 0) is 155 Å². The molecule has 0 atom stereocenters. The first-order valence-corrected chi connectivity index (χ1v) is 31.5. The molecule has 0 N–H and O–H groups in total. The summed E-state index contributed by atoms with van der Waals surface area (Å²) in [5.41, 5.74) is 28.5. The van der Waals surface area contributed by atoms with E-state index in [9.17, 15) is 0 Å². The highest BCUT2D eigenvalue weighted by Crippen LogP contribution is 2.53. The molecule has 0 amide bonds. The normalized spacial score (nSPS) is 14.6. The number of fused-ring (bicyclic) bond motifs is 18. The Kier molecular flexibility index (Phi) is 10.3. The molecule has 3 aliphatic rings. The van der Waals surface area contributed by atoms with Crippen LogP contribution in [0.5, 0.6) is 0 Å². The van der Waals surface area contributed by atoms with E-state index >= 15 is 0 Å². The molecule has 0 fully saturated rings. The molecule has 0 spiro atoms. The molecule has 6 nitrogen and oxygen atoms in total. The molecule has 90 heavy (non-hydrogen) atoms. The minimum atomic E-state index is -0.0946. The highest BCUT2D eigenvalue weighted by molar-refractivity contribution is 6.13. The molecule has 0 aliphatic heterocycles. The van der Waals surface area contributed by atoms with Crippen LogP contribution in [-0.2, 0) is 16.2 Å². The molecule has 0 bridgehead atoms. The van der Waals surface area contributed by atoms with Gasteiger partial charge in [-0.25, -0.2) is 0 Å². The predicted octanol–water partition coefficient (Wildman–Crippen LogP) is 21.1. The second kappa shape index (κ2) is 18.1. The van der Waals surface area contributed by atoms with Gasteiger partial charge in [0.05, 0.1) is 33.1 Å². The zero-order valence-corrected chi connectivity index (χ0v) is 50.9. The van der Waals surface area contributed by atoms with Gasteiger partial charge < -0.3 is 0 Å². The van der Waals surface area contributed by atoms with Crippen LogP contribution in [0.4, 0.5) is 0 Å². The topological polar surface area (TPSA) is 53.5 Å². The van der Waals surface area contributed by atoms with Gasteiger partial charge in [0.1, 0.15) is 0 Å². The van der Waals surface area contributed by atoms with E-state index in [0.717, 1.165) is 98.8 Å². The van der Waals surface area contributed by atoms with Crippen molar-refractivity contribution in [3.8, 4) is 84.6 Å². The average Bonchev–Trinajstić information content (AvgIpc) is 1.68. The van der Waals surface area contributed by atoms with E-state index in [1.807, 2.05) is 0 Å². The lowest BCUT2D eigenvalue weighted by Crippen LogP contribution is -2.14. The van der Waals surface area contributed by atoms with Gasteiger partial charge in [-0.15, -0.1) is 0 Å². The van der Waals surface area contributed by atoms with Crippen molar-refractivity contribution in [2.75, 3.05) is 0 Å². The summed E-state index contributed by atoms with van der Waals surface area (Å²) in [7, 11) is 0. The lowest BCUT2D eigenvalue weighted by molar-refractivity contribution is 0.660. The highest BCUT2D eigenvalue weighted by Gasteiger charge is 2.38. The molecule has 6 heteroatoms. The van der Waals surface area contributed by atoms with Crippen LogP contribution in [0.1, 0.15) is 74.9 Å². The van der Waals surface area contributed by atoms with Gasteiger partial charge in [0.15, 0.2) is 0 Å². The number of nitrogens with zero attached hydrogens (tertiary/aromatic N) is 6. The number of hydrogen-bond donors (Lipinski definition) is 0. The van der Waals surface area contributed by atoms with Crippen molar-refractivity contribution in [2.45, 2.75) is 57.8 Å². The quantitative estimate of drug-likeness (QED) is 0.167. The molecule has 0 saturated carbocycles. The van der Waals surface area contributed by atoms with Crippen molar-refractivity contribution in [3.63, 3.8) is 0 Å². The molecular weight excluding hydrogens is 1090 g/mol.